The zero-order chi connectivity index (χ0) is 45.6. The Morgan fingerprint density at radius 2 is 0.919 bits per heavy atom. The number of nitrogens with one attached hydrogen (secondary N) is 1. The van der Waals surface area contributed by atoms with E-state index in [1.54, 1.807) is 12.2 Å². The first kappa shape index (κ1) is 57.9. The first-order valence-electron chi connectivity index (χ1n) is 22.6. The molecule has 348 valence electrons. The Bertz CT molecular complexity index is 1500. The molecule has 0 aromatic heterocycles. The van der Waals surface area contributed by atoms with Crippen LogP contribution < -0.4 is 5.32 Å². The van der Waals surface area contributed by atoms with Gasteiger partial charge in [0.15, 0.2) is 6.04 Å². The highest BCUT2D eigenvalue weighted by atomic mass is 31.2. The molecule has 0 rings (SSSR count). The number of unbranched alkanes of at least 4 members (excludes halogenated alkanes) is 7. The Morgan fingerprint density at radius 3 is 1.37 bits per heavy atom. The van der Waals surface area contributed by atoms with Crippen LogP contribution >= 0.6 is 7.82 Å². The Morgan fingerprint density at radius 1 is 0.532 bits per heavy atom. The number of aliphatic carboxylic acids is 1. The zero-order valence-corrected chi connectivity index (χ0v) is 38.5. The highest BCUT2D eigenvalue weighted by Crippen LogP contribution is 2.43. The molecule has 0 aromatic rings. The average molecular weight is 884 g/mol. The van der Waals surface area contributed by atoms with E-state index in [4.69, 9.17) is 13.8 Å². The van der Waals surface area contributed by atoms with Crippen LogP contribution in [0.2, 0.25) is 0 Å². The summed E-state index contributed by atoms with van der Waals surface area (Å²) in [6.45, 7) is 2.27. The van der Waals surface area contributed by atoms with Crippen LogP contribution in [0.3, 0.4) is 0 Å². The lowest BCUT2D eigenvalue weighted by Crippen LogP contribution is -2.43. The van der Waals surface area contributed by atoms with Crippen LogP contribution in [0.25, 0.3) is 0 Å². The minimum atomic E-state index is -4.80. The van der Waals surface area contributed by atoms with Crippen molar-refractivity contribution in [1.29, 1.82) is 0 Å². The molecule has 4 N–H and O–H groups in total. The summed E-state index contributed by atoms with van der Waals surface area (Å²) < 4.78 is 26.8. The van der Waals surface area contributed by atoms with Gasteiger partial charge in [0.2, 0.25) is 5.91 Å². The van der Waals surface area contributed by atoms with Crippen LogP contribution in [0.1, 0.15) is 142 Å². The van der Waals surface area contributed by atoms with E-state index in [9.17, 15) is 34.1 Å². The number of allylic oxidation sites excluding steroid dienone is 19. The fourth-order valence-corrected chi connectivity index (χ4v) is 6.12. The first-order valence-corrected chi connectivity index (χ1v) is 24.1. The fourth-order valence-electron chi connectivity index (χ4n) is 5.35. The summed E-state index contributed by atoms with van der Waals surface area (Å²) in [4.78, 5) is 45.9. The van der Waals surface area contributed by atoms with Gasteiger partial charge in [-0.05, 0) is 83.5 Å². The monoisotopic (exact) mass is 884 g/mol. The average Bonchev–Trinajstić information content (AvgIpc) is 3.25. The molecule has 0 saturated heterocycles. The van der Waals surface area contributed by atoms with E-state index in [2.05, 4.69) is 116 Å². The first-order chi connectivity index (χ1) is 30.1. The third-order valence-electron chi connectivity index (χ3n) is 8.77. The molecular formula is C50H78NO10P. The topological polar surface area (TPSA) is 169 Å². The number of aliphatic hydroxyl groups is 1. The lowest BCUT2D eigenvalue weighted by molar-refractivity contribution is -0.147. The van der Waals surface area contributed by atoms with Crippen molar-refractivity contribution in [3.05, 3.63) is 122 Å². The Balaban J connectivity index is 4.06. The fraction of sp³-hybridized carbons (Fsp3) is 0.540. The van der Waals surface area contributed by atoms with Gasteiger partial charge in [-0.1, -0.05) is 167 Å². The maximum Gasteiger partial charge on any atom is 0.472 e. The molecular weight excluding hydrogens is 806 g/mol. The van der Waals surface area contributed by atoms with Gasteiger partial charge in [0, 0.05) is 12.8 Å². The number of rotatable bonds is 40. The van der Waals surface area contributed by atoms with Gasteiger partial charge in [-0.15, -0.1) is 0 Å². The van der Waals surface area contributed by atoms with Gasteiger partial charge in [-0.2, -0.15) is 0 Å². The van der Waals surface area contributed by atoms with E-state index in [1.807, 2.05) is 12.2 Å². The number of hydrogen-bond donors (Lipinski definition) is 4. The van der Waals surface area contributed by atoms with Crippen LogP contribution in [0.5, 0.6) is 0 Å². The van der Waals surface area contributed by atoms with E-state index in [-0.39, 0.29) is 12.8 Å². The third kappa shape index (κ3) is 42.6. The van der Waals surface area contributed by atoms with Crippen LogP contribution in [0.4, 0.5) is 0 Å². The van der Waals surface area contributed by atoms with E-state index >= 15 is 0 Å². The molecule has 0 aromatic carbocycles. The van der Waals surface area contributed by atoms with Gasteiger partial charge < -0.3 is 25.2 Å². The van der Waals surface area contributed by atoms with Crippen LogP contribution in [-0.2, 0) is 32.7 Å². The second-order valence-corrected chi connectivity index (χ2v) is 15.9. The predicted molar refractivity (Wildman–Crippen MR) is 253 cm³/mol. The SMILES string of the molecule is CC/C=C\C/C=C\C/C=C\C/C=C\C/C=C\C/C=C\C/C=C\CC(=O)NC(COP(=O)(O)OCC(O)COC(=O)CCCCCCCCC/C=C\C/C=C\C/C=C\CC)C(=O)O. The van der Waals surface area contributed by atoms with Crippen molar-refractivity contribution in [1.82, 2.24) is 5.32 Å². The summed E-state index contributed by atoms with van der Waals surface area (Å²) >= 11 is 0. The number of ether oxygens (including phenoxy) is 1. The number of phosphoric ester groups is 1. The maximum atomic E-state index is 12.3. The molecule has 12 heteroatoms. The number of esters is 1. The van der Waals surface area contributed by atoms with Gasteiger partial charge >= 0.3 is 19.8 Å². The van der Waals surface area contributed by atoms with Crippen LogP contribution in [-0.4, -0.2) is 64.9 Å². The lowest BCUT2D eigenvalue weighted by atomic mass is 10.1. The molecule has 0 fully saturated rings. The van der Waals surface area contributed by atoms with Crippen molar-refractivity contribution in [3.63, 3.8) is 0 Å². The van der Waals surface area contributed by atoms with Crippen molar-refractivity contribution in [2.75, 3.05) is 19.8 Å². The zero-order valence-electron chi connectivity index (χ0n) is 37.6. The summed E-state index contributed by atoms with van der Waals surface area (Å²) in [7, 11) is -4.80. The molecule has 62 heavy (non-hydrogen) atoms. The Labute approximate surface area is 373 Å². The summed E-state index contributed by atoms with van der Waals surface area (Å²) in [6, 6.07) is -1.61. The number of carbonyl (C=O) groups is 3. The maximum absolute atomic E-state index is 12.3. The van der Waals surface area contributed by atoms with E-state index in [0.717, 1.165) is 89.9 Å². The molecule has 0 saturated carbocycles. The number of carbonyl (C=O) groups excluding carboxylic acids is 2. The van der Waals surface area contributed by atoms with Gasteiger partial charge in [0.1, 0.15) is 12.7 Å². The molecule has 0 radical (unpaired) electrons. The molecule has 0 aliphatic rings. The number of carboxylic acid groups (broad SMARTS) is 1. The summed E-state index contributed by atoms with van der Waals surface area (Å²) in [5, 5.41) is 21.8. The molecule has 0 spiro atoms. The van der Waals surface area contributed by atoms with Gasteiger partial charge in [-0.25, -0.2) is 9.36 Å². The van der Waals surface area contributed by atoms with Crippen molar-refractivity contribution in [2.24, 2.45) is 0 Å². The van der Waals surface area contributed by atoms with Gasteiger partial charge in [0.05, 0.1) is 13.2 Å². The molecule has 1 amide bonds. The second kappa shape index (κ2) is 43.5. The highest BCUT2D eigenvalue weighted by molar-refractivity contribution is 7.47. The Hall–Kier alpha value is -4.12. The standard InChI is InChI=1S/C50H78NO10P/c1-3-5-7-9-11-13-15-17-19-21-22-23-24-26-27-29-31-33-35-37-39-41-48(53)51-47(50(55)56)45-61-62(57,58)60-44-46(52)43-59-49(54)42-40-38-36-34-32-30-28-25-20-18-16-14-12-10-8-6-4-2/h5-8,11-14,17-20,22-23,26-27,31,33,37,39,46-47,52H,3-4,9-10,15-16,21,24-25,28-30,32,34-36,38,40-45H2,1-2H3,(H,51,53)(H,55,56)(H,57,58)/b7-5-,8-6-,13-11-,14-12-,19-17-,20-18-,23-22-,27-26-,33-31-,39-37-. The summed E-state index contributed by atoms with van der Waals surface area (Å²) in [5.41, 5.74) is 0. The summed E-state index contributed by atoms with van der Waals surface area (Å²) in [6.07, 6.45) is 58.2. The normalized spacial score (nSPS) is 14.8. The van der Waals surface area contributed by atoms with E-state index < -0.39 is 57.6 Å². The molecule has 0 bridgehead atoms. The second-order valence-electron chi connectivity index (χ2n) is 14.5. The number of amides is 1. The van der Waals surface area contributed by atoms with Crippen molar-refractivity contribution in [2.45, 2.75) is 154 Å². The molecule has 3 unspecified atom stereocenters. The quantitative estimate of drug-likeness (QED) is 0.0201. The molecule has 0 heterocycles. The van der Waals surface area contributed by atoms with E-state index in [1.165, 1.54) is 12.8 Å². The van der Waals surface area contributed by atoms with Crippen LogP contribution in [0.15, 0.2) is 122 Å². The minimum Gasteiger partial charge on any atom is -0.480 e. The highest BCUT2D eigenvalue weighted by Gasteiger charge is 2.28. The van der Waals surface area contributed by atoms with Crippen molar-refractivity contribution >= 4 is 25.7 Å². The smallest absolute Gasteiger partial charge is 0.472 e. The number of aliphatic hydroxyl groups excluding tert-OH is 1. The molecule has 0 aliphatic carbocycles. The lowest BCUT2D eigenvalue weighted by Gasteiger charge is -2.18. The molecule has 0 aliphatic heterocycles. The molecule has 3 atom stereocenters. The van der Waals surface area contributed by atoms with Gasteiger partial charge in [0.25, 0.3) is 0 Å². The van der Waals surface area contributed by atoms with E-state index in [0.29, 0.717) is 12.8 Å². The largest absolute Gasteiger partial charge is 0.480 e. The Kier molecular flexibility index (Phi) is 40.6. The third-order valence-corrected chi connectivity index (χ3v) is 9.73. The number of carboxylic acids is 1. The predicted octanol–water partition coefficient (Wildman–Crippen LogP) is 12.0. The number of phosphoric acid groups is 1. The van der Waals surface area contributed by atoms with Crippen molar-refractivity contribution < 1.29 is 47.8 Å². The van der Waals surface area contributed by atoms with Crippen LogP contribution in [0, 0.1) is 0 Å². The van der Waals surface area contributed by atoms with Crippen molar-refractivity contribution in [3.8, 4) is 0 Å². The number of hydrogen-bond acceptors (Lipinski definition) is 8. The summed E-state index contributed by atoms with van der Waals surface area (Å²) in [5.74, 6) is -2.58. The molecule has 11 nitrogen and oxygen atoms in total. The minimum absolute atomic E-state index is 0.0975. The van der Waals surface area contributed by atoms with Gasteiger partial charge in [-0.3, -0.25) is 18.6 Å².